The standard InChI is InChI=1S/C12H15NO4S/c1-12(11(15)16)4-3-5-13(12)10(14)9-6-8(17-2)7-18-9/h6-7H,3-5H2,1-2H3,(H,15,16). The first-order valence-corrected chi connectivity index (χ1v) is 6.55. The van der Waals surface area contributed by atoms with Crippen LogP contribution >= 0.6 is 11.3 Å². The molecule has 0 radical (unpaired) electrons. The van der Waals surface area contributed by atoms with Crippen LogP contribution < -0.4 is 4.74 Å². The van der Waals surface area contributed by atoms with Gasteiger partial charge < -0.3 is 14.7 Å². The highest BCUT2D eigenvalue weighted by Crippen LogP contribution is 2.32. The number of carboxylic acid groups (broad SMARTS) is 1. The third-order valence-corrected chi connectivity index (χ3v) is 4.27. The quantitative estimate of drug-likeness (QED) is 0.909. The molecule has 1 amide bonds. The molecule has 1 saturated heterocycles. The normalized spacial score (nSPS) is 23.1. The molecule has 2 rings (SSSR count). The molecule has 5 nitrogen and oxygen atoms in total. The van der Waals surface area contributed by atoms with Crippen LogP contribution in [0.15, 0.2) is 11.4 Å². The summed E-state index contributed by atoms with van der Waals surface area (Å²) in [5.74, 6) is -0.554. The summed E-state index contributed by atoms with van der Waals surface area (Å²) >= 11 is 1.27. The fourth-order valence-corrected chi connectivity index (χ4v) is 2.98. The van der Waals surface area contributed by atoms with E-state index in [1.54, 1.807) is 18.4 Å². The first-order chi connectivity index (χ1) is 8.49. The molecule has 1 aromatic rings. The largest absolute Gasteiger partial charge is 0.496 e. The minimum atomic E-state index is -1.09. The number of thiophene rings is 1. The molecule has 0 spiro atoms. The smallest absolute Gasteiger partial charge is 0.329 e. The second-order valence-electron chi connectivity index (χ2n) is 4.49. The van der Waals surface area contributed by atoms with E-state index in [9.17, 15) is 14.7 Å². The van der Waals surface area contributed by atoms with Gasteiger partial charge in [-0.2, -0.15) is 0 Å². The first kappa shape index (κ1) is 12.9. The zero-order valence-corrected chi connectivity index (χ0v) is 11.1. The summed E-state index contributed by atoms with van der Waals surface area (Å²) in [6.45, 7) is 2.09. The molecule has 6 heteroatoms. The lowest BCUT2D eigenvalue weighted by Crippen LogP contribution is -2.50. The van der Waals surface area contributed by atoms with Crippen molar-refractivity contribution in [3.63, 3.8) is 0 Å². The van der Waals surface area contributed by atoms with Crippen molar-refractivity contribution in [3.8, 4) is 5.75 Å². The van der Waals surface area contributed by atoms with E-state index in [1.165, 1.54) is 23.3 Å². The molecule has 0 aromatic carbocycles. The molecular weight excluding hydrogens is 254 g/mol. The number of carbonyl (C=O) groups excluding carboxylic acids is 1. The molecule has 1 aliphatic rings. The Balaban J connectivity index is 2.25. The van der Waals surface area contributed by atoms with Gasteiger partial charge in [-0.3, -0.25) is 4.79 Å². The minimum Gasteiger partial charge on any atom is -0.496 e. The van der Waals surface area contributed by atoms with Crippen LogP contribution in [0.5, 0.6) is 5.75 Å². The number of likely N-dealkylation sites (tertiary alicyclic amines) is 1. The molecule has 1 aliphatic heterocycles. The van der Waals surface area contributed by atoms with Gasteiger partial charge in [-0.1, -0.05) is 0 Å². The maximum atomic E-state index is 12.3. The number of aliphatic carboxylic acids is 1. The van der Waals surface area contributed by atoms with Gasteiger partial charge in [0.1, 0.15) is 11.3 Å². The molecule has 0 aliphatic carbocycles. The van der Waals surface area contributed by atoms with Crippen molar-refractivity contribution in [2.24, 2.45) is 0 Å². The van der Waals surface area contributed by atoms with Crippen LogP contribution in [0.1, 0.15) is 29.4 Å². The Morgan fingerprint density at radius 1 is 1.56 bits per heavy atom. The molecule has 0 saturated carbocycles. The van der Waals surface area contributed by atoms with E-state index in [0.29, 0.717) is 23.6 Å². The molecule has 98 valence electrons. The number of rotatable bonds is 3. The number of carbonyl (C=O) groups is 2. The Morgan fingerprint density at radius 2 is 2.28 bits per heavy atom. The van der Waals surface area contributed by atoms with E-state index >= 15 is 0 Å². The Labute approximate surface area is 109 Å². The minimum absolute atomic E-state index is 0.231. The van der Waals surface area contributed by atoms with Crippen molar-refractivity contribution in [1.82, 2.24) is 4.90 Å². The van der Waals surface area contributed by atoms with Crippen LogP contribution in [0.2, 0.25) is 0 Å². The topological polar surface area (TPSA) is 66.8 Å². The van der Waals surface area contributed by atoms with Crippen LogP contribution in [0.25, 0.3) is 0 Å². The lowest BCUT2D eigenvalue weighted by molar-refractivity contribution is -0.147. The van der Waals surface area contributed by atoms with Gasteiger partial charge in [-0.05, 0) is 19.8 Å². The molecule has 18 heavy (non-hydrogen) atoms. The van der Waals surface area contributed by atoms with Crippen molar-refractivity contribution in [2.75, 3.05) is 13.7 Å². The monoisotopic (exact) mass is 269 g/mol. The van der Waals surface area contributed by atoms with Crippen LogP contribution in [0.4, 0.5) is 0 Å². The highest BCUT2D eigenvalue weighted by molar-refractivity contribution is 7.12. The van der Waals surface area contributed by atoms with E-state index in [4.69, 9.17) is 4.74 Å². The van der Waals surface area contributed by atoms with Crippen molar-refractivity contribution >= 4 is 23.2 Å². The average molecular weight is 269 g/mol. The Hall–Kier alpha value is -1.56. The van der Waals surface area contributed by atoms with E-state index in [2.05, 4.69) is 0 Å². The van der Waals surface area contributed by atoms with Gasteiger partial charge in [0, 0.05) is 18.0 Å². The van der Waals surface area contributed by atoms with E-state index in [-0.39, 0.29) is 5.91 Å². The molecule has 2 heterocycles. The van der Waals surface area contributed by atoms with Crippen LogP contribution in [-0.4, -0.2) is 41.1 Å². The van der Waals surface area contributed by atoms with Gasteiger partial charge >= 0.3 is 5.97 Å². The number of nitrogens with zero attached hydrogens (tertiary/aromatic N) is 1. The van der Waals surface area contributed by atoms with Crippen LogP contribution in [0, 0.1) is 0 Å². The summed E-state index contributed by atoms with van der Waals surface area (Å²) in [6, 6.07) is 1.65. The van der Waals surface area contributed by atoms with Crippen molar-refractivity contribution in [2.45, 2.75) is 25.3 Å². The molecule has 0 bridgehead atoms. The van der Waals surface area contributed by atoms with E-state index in [1.807, 2.05) is 0 Å². The fraction of sp³-hybridized carbons (Fsp3) is 0.500. The summed E-state index contributed by atoms with van der Waals surface area (Å²) in [7, 11) is 1.54. The zero-order chi connectivity index (χ0) is 13.3. The fourth-order valence-electron chi connectivity index (χ4n) is 2.18. The Morgan fingerprint density at radius 3 is 2.83 bits per heavy atom. The number of carboxylic acids is 1. The molecule has 1 N–H and O–H groups in total. The number of methoxy groups -OCH3 is 1. The van der Waals surface area contributed by atoms with Crippen molar-refractivity contribution in [1.29, 1.82) is 0 Å². The molecule has 1 aromatic heterocycles. The maximum Gasteiger partial charge on any atom is 0.329 e. The highest BCUT2D eigenvalue weighted by Gasteiger charge is 2.46. The number of hydrogen-bond donors (Lipinski definition) is 1. The predicted molar refractivity (Wildman–Crippen MR) is 67.2 cm³/mol. The summed E-state index contributed by atoms with van der Waals surface area (Å²) < 4.78 is 5.03. The van der Waals surface area contributed by atoms with Crippen LogP contribution in [-0.2, 0) is 4.79 Å². The van der Waals surface area contributed by atoms with Crippen molar-refractivity contribution in [3.05, 3.63) is 16.3 Å². The number of ether oxygens (including phenoxy) is 1. The van der Waals surface area contributed by atoms with Gasteiger partial charge in [0.25, 0.3) is 5.91 Å². The van der Waals surface area contributed by atoms with Gasteiger partial charge in [-0.15, -0.1) is 11.3 Å². The molecule has 1 atom stereocenters. The van der Waals surface area contributed by atoms with Crippen molar-refractivity contribution < 1.29 is 19.4 Å². The SMILES string of the molecule is COc1csc(C(=O)N2CCCC2(C)C(=O)O)c1. The first-order valence-electron chi connectivity index (χ1n) is 5.67. The maximum absolute atomic E-state index is 12.3. The van der Waals surface area contributed by atoms with Gasteiger partial charge in [-0.25, -0.2) is 4.79 Å². The summed E-state index contributed by atoms with van der Waals surface area (Å²) in [5.41, 5.74) is -1.09. The molecular formula is C12H15NO4S. The Kier molecular flexibility index (Phi) is 3.30. The second-order valence-corrected chi connectivity index (χ2v) is 5.40. The predicted octanol–water partition coefficient (Wildman–Crippen LogP) is 1.84. The van der Waals surface area contributed by atoms with Gasteiger partial charge in [0.15, 0.2) is 0 Å². The third kappa shape index (κ3) is 1.96. The lowest BCUT2D eigenvalue weighted by Gasteiger charge is -2.30. The summed E-state index contributed by atoms with van der Waals surface area (Å²) in [6.07, 6.45) is 1.22. The number of amides is 1. The highest BCUT2D eigenvalue weighted by atomic mass is 32.1. The van der Waals surface area contributed by atoms with Gasteiger partial charge in [0.2, 0.25) is 0 Å². The van der Waals surface area contributed by atoms with Crippen LogP contribution in [0.3, 0.4) is 0 Å². The second kappa shape index (κ2) is 4.61. The third-order valence-electron chi connectivity index (χ3n) is 3.37. The van der Waals surface area contributed by atoms with E-state index in [0.717, 1.165) is 6.42 Å². The Bertz CT molecular complexity index is 484. The lowest BCUT2D eigenvalue weighted by atomic mass is 9.99. The zero-order valence-electron chi connectivity index (χ0n) is 10.3. The summed E-state index contributed by atoms with van der Waals surface area (Å²) in [4.78, 5) is 25.6. The number of hydrogen-bond acceptors (Lipinski definition) is 4. The molecule has 1 unspecified atom stereocenters. The van der Waals surface area contributed by atoms with Gasteiger partial charge in [0.05, 0.1) is 12.0 Å². The molecule has 1 fully saturated rings. The van der Waals surface area contributed by atoms with E-state index < -0.39 is 11.5 Å². The summed E-state index contributed by atoms with van der Waals surface area (Å²) in [5, 5.41) is 11.0. The average Bonchev–Trinajstić information content (AvgIpc) is 2.95.